The molecule has 0 radical (unpaired) electrons. The molecule has 0 aliphatic carbocycles. The fraction of sp³-hybridized carbons (Fsp3) is 0.615. The molecule has 0 saturated carbocycles. The first-order valence-electron chi connectivity index (χ1n) is 6.23. The second-order valence-corrected chi connectivity index (χ2v) is 4.50. The highest BCUT2D eigenvalue weighted by Crippen LogP contribution is 2.24. The zero-order valence-electron chi connectivity index (χ0n) is 11.7. The van der Waals surface area contributed by atoms with Crippen LogP contribution in [0, 0.1) is 13.8 Å². The van der Waals surface area contributed by atoms with Gasteiger partial charge in [-0.3, -0.25) is 0 Å². The number of nitrogens with zero attached hydrogens (tertiary/aromatic N) is 3. The van der Waals surface area contributed by atoms with Gasteiger partial charge in [-0.05, 0) is 32.3 Å². The zero-order chi connectivity index (χ0) is 13.9. The van der Waals surface area contributed by atoms with E-state index in [0.717, 1.165) is 12.8 Å². The van der Waals surface area contributed by atoms with Crippen molar-refractivity contribution >= 4 is 11.8 Å². The van der Waals surface area contributed by atoms with Gasteiger partial charge < -0.3 is 10.0 Å². The van der Waals surface area contributed by atoms with Crippen molar-refractivity contribution in [1.82, 2.24) is 10.2 Å². The van der Waals surface area contributed by atoms with Gasteiger partial charge in [-0.1, -0.05) is 13.8 Å². The molecule has 1 N–H and O–H groups in total. The van der Waals surface area contributed by atoms with Crippen molar-refractivity contribution < 1.29 is 9.90 Å². The Morgan fingerprint density at radius 2 is 1.83 bits per heavy atom. The summed E-state index contributed by atoms with van der Waals surface area (Å²) in [7, 11) is 1.88. The van der Waals surface area contributed by atoms with Crippen LogP contribution in [0.25, 0.3) is 0 Å². The number of carboxylic acid groups (broad SMARTS) is 1. The molecule has 0 amide bonds. The first-order chi connectivity index (χ1) is 8.43. The Morgan fingerprint density at radius 1 is 1.28 bits per heavy atom. The van der Waals surface area contributed by atoms with Crippen LogP contribution in [0.2, 0.25) is 0 Å². The van der Waals surface area contributed by atoms with Gasteiger partial charge in [-0.15, -0.1) is 5.10 Å². The van der Waals surface area contributed by atoms with Gasteiger partial charge in [0.1, 0.15) is 5.56 Å². The number of carbonyl (C=O) groups is 1. The zero-order valence-corrected chi connectivity index (χ0v) is 11.7. The Morgan fingerprint density at radius 3 is 2.28 bits per heavy atom. The minimum absolute atomic E-state index is 0.261. The third kappa shape index (κ3) is 2.60. The molecular weight excluding hydrogens is 230 g/mol. The van der Waals surface area contributed by atoms with Crippen LogP contribution in [-0.2, 0) is 0 Å². The van der Waals surface area contributed by atoms with Crippen molar-refractivity contribution in [1.29, 1.82) is 0 Å². The van der Waals surface area contributed by atoms with Crippen molar-refractivity contribution in [3.05, 3.63) is 16.8 Å². The van der Waals surface area contributed by atoms with E-state index in [0.29, 0.717) is 17.1 Å². The average molecular weight is 251 g/mol. The van der Waals surface area contributed by atoms with Crippen molar-refractivity contribution in [3.63, 3.8) is 0 Å². The van der Waals surface area contributed by atoms with Gasteiger partial charge in [0.25, 0.3) is 0 Å². The summed E-state index contributed by atoms with van der Waals surface area (Å²) >= 11 is 0. The number of hydrogen-bond acceptors (Lipinski definition) is 4. The summed E-state index contributed by atoms with van der Waals surface area (Å²) in [5.41, 5.74) is 1.61. The SMILES string of the molecule is CCC(CC)N(C)c1nnc(C)c(C)c1C(=O)O. The molecule has 0 atom stereocenters. The van der Waals surface area contributed by atoms with E-state index in [1.54, 1.807) is 13.8 Å². The quantitative estimate of drug-likeness (QED) is 0.870. The third-order valence-corrected chi connectivity index (χ3v) is 3.47. The topological polar surface area (TPSA) is 66.3 Å². The van der Waals surface area contributed by atoms with E-state index < -0.39 is 5.97 Å². The predicted molar refractivity (Wildman–Crippen MR) is 71.2 cm³/mol. The second-order valence-electron chi connectivity index (χ2n) is 4.50. The second kappa shape index (κ2) is 5.80. The number of anilines is 1. The molecule has 0 aromatic carbocycles. The predicted octanol–water partition coefficient (Wildman–Crippen LogP) is 2.42. The number of aromatic carboxylic acids is 1. The van der Waals surface area contributed by atoms with E-state index in [9.17, 15) is 9.90 Å². The monoisotopic (exact) mass is 251 g/mol. The molecule has 0 bridgehead atoms. The number of rotatable bonds is 5. The molecule has 0 fully saturated rings. The minimum Gasteiger partial charge on any atom is -0.478 e. The molecule has 1 rings (SSSR count). The summed E-state index contributed by atoms with van der Waals surface area (Å²) in [6, 6.07) is 0.277. The average Bonchev–Trinajstić information content (AvgIpc) is 2.33. The van der Waals surface area contributed by atoms with Gasteiger partial charge >= 0.3 is 5.97 Å². The maximum Gasteiger partial charge on any atom is 0.339 e. The molecule has 1 heterocycles. The number of hydrogen-bond donors (Lipinski definition) is 1. The van der Waals surface area contributed by atoms with E-state index >= 15 is 0 Å². The largest absolute Gasteiger partial charge is 0.478 e. The Kier molecular flexibility index (Phi) is 4.64. The molecule has 0 aliphatic heterocycles. The smallest absolute Gasteiger partial charge is 0.339 e. The maximum atomic E-state index is 11.4. The van der Waals surface area contributed by atoms with Crippen LogP contribution in [0.15, 0.2) is 0 Å². The fourth-order valence-corrected chi connectivity index (χ4v) is 2.11. The van der Waals surface area contributed by atoms with E-state index in [4.69, 9.17) is 0 Å². The normalized spacial score (nSPS) is 10.8. The van der Waals surface area contributed by atoms with Crippen LogP contribution in [0.1, 0.15) is 48.3 Å². The van der Waals surface area contributed by atoms with E-state index in [1.165, 1.54) is 0 Å². The highest BCUT2D eigenvalue weighted by molar-refractivity contribution is 5.95. The van der Waals surface area contributed by atoms with Crippen LogP contribution in [0.5, 0.6) is 0 Å². The minimum atomic E-state index is -0.946. The summed E-state index contributed by atoms with van der Waals surface area (Å²) in [5.74, 6) is -0.488. The number of aryl methyl sites for hydroxylation is 1. The van der Waals surface area contributed by atoms with Gasteiger partial charge in [0, 0.05) is 13.1 Å². The summed E-state index contributed by atoms with van der Waals surface area (Å²) in [6.45, 7) is 7.71. The van der Waals surface area contributed by atoms with Gasteiger partial charge in [0.15, 0.2) is 5.82 Å². The lowest BCUT2D eigenvalue weighted by atomic mass is 10.1. The van der Waals surface area contributed by atoms with Crippen LogP contribution in [-0.4, -0.2) is 34.4 Å². The Bertz CT molecular complexity index is 442. The summed E-state index contributed by atoms with van der Waals surface area (Å²) in [5, 5.41) is 17.5. The van der Waals surface area contributed by atoms with Crippen molar-refractivity contribution in [2.24, 2.45) is 0 Å². The maximum absolute atomic E-state index is 11.4. The molecule has 100 valence electrons. The Labute approximate surface area is 108 Å². The van der Waals surface area contributed by atoms with Crippen molar-refractivity contribution in [2.75, 3.05) is 11.9 Å². The molecular formula is C13H21N3O2. The first kappa shape index (κ1) is 14.4. The number of carboxylic acids is 1. The summed E-state index contributed by atoms with van der Waals surface area (Å²) in [4.78, 5) is 13.3. The Balaban J connectivity index is 3.32. The van der Waals surface area contributed by atoms with Crippen LogP contribution in [0.4, 0.5) is 5.82 Å². The van der Waals surface area contributed by atoms with Gasteiger partial charge in [0.2, 0.25) is 0 Å². The van der Waals surface area contributed by atoms with E-state index in [2.05, 4.69) is 24.0 Å². The highest BCUT2D eigenvalue weighted by atomic mass is 16.4. The molecule has 18 heavy (non-hydrogen) atoms. The summed E-state index contributed by atoms with van der Waals surface area (Å²) in [6.07, 6.45) is 1.89. The van der Waals surface area contributed by atoms with Gasteiger partial charge in [-0.2, -0.15) is 5.10 Å². The third-order valence-electron chi connectivity index (χ3n) is 3.47. The first-order valence-corrected chi connectivity index (χ1v) is 6.23. The molecule has 0 spiro atoms. The standard InChI is InChI=1S/C13H21N3O2/c1-6-10(7-2)16(5)12-11(13(17)18)8(3)9(4)14-15-12/h10H,6-7H2,1-5H3,(H,17,18). The van der Waals surface area contributed by atoms with Crippen LogP contribution in [0.3, 0.4) is 0 Å². The van der Waals surface area contributed by atoms with Crippen LogP contribution < -0.4 is 4.90 Å². The summed E-state index contributed by atoms with van der Waals surface area (Å²) < 4.78 is 0. The molecule has 1 aromatic heterocycles. The molecule has 0 aliphatic rings. The highest BCUT2D eigenvalue weighted by Gasteiger charge is 2.23. The lowest BCUT2D eigenvalue weighted by molar-refractivity contribution is 0.0696. The van der Waals surface area contributed by atoms with Crippen molar-refractivity contribution in [2.45, 2.75) is 46.6 Å². The van der Waals surface area contributed by atoms with Crippen molar-refractivity contribution in [3.8, 4) is 0 Å². The Hall–Kier alpha value is -1.65. The van der Waals surface area contributed by atoms with Crippen LogP contribution >= 0.6 is 0 Å². The van der Waals surface area contributed by atoms with E-state index in [-0.39, 0.29) is 11.6 Å². The molecule has 5 nitrogen and oxygen atoms in total. The molecule has 0 saturated heterocycles. The lowest BCUT2D eigenvalue weighted by Crippen LogP contribution is -2.33. The molecule has 5 heteroatoms. The lowest BCUT2D eigenvalue weighted by Gasteiger charge is -2.28. The fourth-order valence-electron chi connectivity index (χ4n) is 2.11. The van der Waals surface area contributed by atoms with E-state index in [1.807, 2.05) is 11.9 Å². The van der Waals surface area contributed by atoms with Gasteiger partial charge in [-0.25, -0.2) is 4.79 Å². The molecule has 0 unspecified atom stereocenters. The van der Waals surface area contributed by atoms with Gasteiger partial charge in [0.05, 0.1) is 5.69 Å². The number of aromatic nitrogens is 2. The molecule has 1 aromatic rings.